The first-order valence-electron chi connectivity index (χ1n) is 6.48. The van der Waals surface area contributed by atoms with Gasteiger partial charge in [0, 0.05) is 10.8 Å². The van der Waals surface area contributed by atoms with E-state index in [1.165, 1.54) is 0 Å². The van der Waals surface area contributed by atoms with Gasteiger partial charge in [-0.3, -0.25) is 0 Å². The Morgan fingerprint density at radius 2 is 2.10 bits per heavy atom. The van der Waals surface area contributed by atoms with Crippen molar-refractivity contribution >= 4 is 38.2 Å². The van der Waals surface area contributed by atoms with Gasteiger partial charge in [0.25, 0.3) is 0 Å². The van der Waals surface area contributed by atoms with Gasteiger partial charge in [-0.15, -0.1) is 11.3 Å². The Morgan fingerprint density at radius 3 is 2.76 bits per heavy atom. The second-order valence-electron chi connectivity index (χ2n) is 4.87. The number of thiazole rings is 1. The first-order valence-corrected chi connectivity index (χ1v) is 8.15. The van der Waals surface area contributed by atoms with Gasteiger partial charge in [-0.25, -0.2) is 15.0 Å². The van der Waals surface area contributed by atoms with Crippen LogP contribution >= 0.6 is 27.3 Å². The largest absolute Gasteiger partial charge is 0.495 e. The van der Waals surface area contributed by atoms with Gasteiger partial charge in [-0.2, -0.15) is 0 Å². The van der Waals surface area contributed by atoms with Crippen molar-refractivity contribution in [3.05, 3.63) is 33.9 Å². The van der Waals surface area contributed by atoms with Crippen molar-refractivity contribution in [1.29, 1.82) is 0 Å². The fraction of sp³-hybridized carbons (Fsp3) is 0.267. The average Bonchev–Trinajstić information content (AvgIpc) is 2.97. The standard InChI is InChI=1S/C15H13BrN3OS/c1-8(2)10-7-21-15(18-10)14-17-6-9-4-5-11(20-3)12(16)13(9)19-14/h4-5,7-8H,1-3H3. The molecule has 0 aliphatic carbocycles. The van der Waals surface area contributed by atoms with Gasteiger partial charge >= 0.3 is 0 Å². The van der Waals surface area contributed by atoms with E-state index in [9.17, 15) is 0 Å². The Kier molecular flexibility index (Phi) is 3.91. The zero-order chi connectivity index (χ0) is 15.0. The lowest BCUT2D eigenvalue weighted by molar-refractivity contribution is 0.413. The predicted octanol–water partition coefficient (Wildman–Crippen LogP) is 4.45. The molecule has 6 heteroatoms. The van der Waals surface area contributed by atoms with Crippen LogP contribution in [-0.2, 0) is 0 Å². The molecule has 2 heterocycles. The van der Waals surface area contributed by atoms with Crippen LogP contribution in [0.2, 0.25) is 0 Å². The molecular weight excluding hydrogens is 350 g/mol. The maximum atomic E-state index is 5.30. The summed E-state index contributed by atoms with van der Waals surface area (Å²) in [5.74, 6) is 1.72. The van der Waals surface area contributed by atoms with E-state index in [1.807, 2.05) is 17.5 Å². The molecule has 4 nitrogen and oxygen atoms in total. The topological polar surface area (TPSA) is 47.9 Å². The third-order valence-corrected chi connectivity index (χ3v) is 4.73. The Hall–Kier alpha value is -1.53. The Labute approximate surface area is 135 Å². The van der Waals surface area contributed by atoms with Crippen molar-refractivity contribution in [1.82, 2.24) is 15.0 Å². The van der Waals surface area contributed by atoms with Crippen molar-refractivity contribution in [2.75, 3.05) is 7.11 Å². The zero-order valence-corrected chi connectivity index (χ0v) is 14.2. The highest BCUT2D eigenvalue weighted by atomic mass is 79.9. The number of nitrogens with zero attached hydrogens (tertiary/aromatic N) is 3. The number of aromatic nitrogens is 3. The summed E-state index contributed by atoms with van der Waals surface area (Å²) in [6.07, 6.45) is 3.02. The molecule has 1 radical (unpaired) electrons. The molecule has 3 rings (SSSR count). The monoisotopic (exact) mass is 362 g/mol. The maximum Gasteiger partial charge on any atom is 0.189 e. The molecule has 0 fully saturated rings. The van der Waals surface area contributed by atoms with Crippen molar-refractivity contribution in [2.45, 2.75) is 19.8 Å². The molecule has 0 aliphatic heterocycles. The van der Waals surface area contributed by atoms with Gasteiger partial charge in [0.1, 0.15) is 11.9 Å². The molecule has 0 N–H and O–H groups in total. The molecule has 3 aromatic rings. The van der Waals surface area contributed by atoms with Crippen LogP contribution in [0.15, 0.2) is 22.0 Å². The van der Waals surface area contributed by atoms with E-state index >= 15 is 0 Å². The van der Waals surface area contributed by atoms with E-state index in [4.69, 9.17) is 4.74 Å². The van der Waals surface area contributed by atoms with Gasteiger partial charge in [0.05, 0.1) is 22.8 Å². The Balaban J connectivity index is 2.13. The third-order valence-electron chi connectivity index (χ3n) is 3.11. The van der Waals surface area contributed by atoms with Crippen molar-refractivity contribution in [2.24, 2.45) is 0 Å². The van der Waals surface area contributed by atoms with Gasteiger partial charge in [-0.1, -0.05) is 13.8 Å². The molecule has 0 saturated heterocycles. The zero-order valence-electron chi connectivity index (χ0n) is 11.8. The van der Waals surface area contributed by atoms with E-state index < -0.39 is 0 Å². The lowest BCUT2D eigenvalue weighted by Crippen LogP contribution is -1.94. The third kappa shape index (κ3) is 2.65. The summed E-state index contributed by atoms with van der Waals surface area (Å²) in [6.45, 7) is 4.24. The quantitative estimate of drug-likeness (QED) is 0.690. The van der Waals surface area contributed by atoms with Gasteiger partial charge < -0.3 is 4.74 Å². The van der Waals surface area contributed by atoms with Crippen LogP contribution in [0.1, 0.15) is 25.5 Å². The predicted molar refractivity (Wildman–Crippen MR) is 87.8 cm³/mol. The fourth-order valence-corrected chi connectivity index (χ4v) is 3.41. The van der Waals surface area contributed by atoms with Crippen molar-refractivity contribution < 1.29 is 4.74 Å². The van der Waals surface area contributed by atoms with Crippen LogP contribution < -0.4 is 4.74 Å². The lowest BCUT2D eigenvalue weighted by Gasteiger charge is -2.06. The van der Waals surface area contributed by atoms with Crippen LogP contribution in [-0.4, -0.2) is 22.1 Å². The second-order valence-corrected chi connectivity index (χ2v) is 6.52. The fourth-order valence-electron chi connectivity index (χ4n) is 1.90. The molecule has 0 atom stereocenters. The number of methoxy groups -OCH3 is 1. The number of ether oxygens (including phenoxy) is 1. The first kappa shape index (κ1) is 14.4. The highest BCUT2D eigenvalue weighted by Gasteiger charge is 2.13. The number of fused-ring (bicyclic) bond motifs is 1. The van der Waals surface area contributed by atoms with E-state index in [1.54, 1.807) is 18.4 Å². The molecule has 0 spiro atoms. The molecule has 21 heavy (non-hydrogen) atoms. The van der Waals surface area contributed by atoms with Gasteiger partial charge in [0.15, 0.2) is 10.8 Å². The lowest BCUT2D eigenvalue weighted by atomic mass is 10.2. The average molecular weight is 363 g/mol. The molecule has 1 aromatic carbocycles. The molecule has 0 bridgehead atoms. The summed E-state index contributed by atoms with van der Waals surface area (Å²) in [5.41, 5.74) is 1.84. The molecule has 0 aliphatic rings. The Bertz CT molecular complexity index is 801. The molecule has 0 saturated carbocycles. The normalized spacial score (nSPS) is 11.3. The van der Waals surface area contributed by atoms with Crippen molar-refractivity contribution in [3.63, 3.8) is 0 Å². The molecule has 0 amide bonds. The van der Waals surface area contributed by atoms with Crippen molar-refractivity contribution in [3.8, 4) is 16.6 Å². The summed E-state index contributed by atoms with van der Waals surface area (Å²) < 4.78 is 6.11. The molecule has 2 aromatic heterocycles. The Morgan fingerprint density at radius 1 is 1.29 bits per heavy atom. The summed E-state index contributed by atoms with van der Waals surface area (Å²) in [7, 11) is 1.63. The van der Waals surface area contributed by atoms with Crippen LogP contribution in [0.3, 0.4) is 0 Å². The summed E-state index contributed by atoms with van der Waals surface area (Å²) in [4.78, 5) is 13.5. The number of hydrogen-bond donors (Lipinski definition) is 0. The van der Waals surface area contributed by atoms with E-state index in [-0.39, 0.29) is 0 Å². The van der Waals surface area contributed by atoms with Gasteiger partial charge in [-0.05, 0) is 34.0 Å². The summed E-state index contributed by atoms with van der Waals surface area (Å²) >= 11 is 5.08. The van der Waals surface area contributed by atoms with E-state index in [2.05, 4.69) is 50.9 Å². The van der Waals surface area contributed by atoms with Gasteiger partial charge in [0.2, 0.25) is 0 Å². The van der Waals surface area contributed by atoms with Crippen LogP contribution in [0.5, 0.6) is 5.75 Å². The molecule has 0 unspecified atom stereocenters. The number of hydrogen-bond acceptors (Lipinski definition) is 5. The highest BCUT2D eigenvalue weighted by molar-refractivity contribution is 9.10. The minimum atomic E-state index is 0.395. The van der Waals surface area contributed by atoms with Crippen LogP contribution in [0, 0.1) is 6.20 Å². The second kappa shape index (κ2) is 5.69. The number of halogens is 1. The minimum absolute atomic E-state index is 0.395. The first-order chi connectivity index (χ1) is 10.1. The van der Waals surface area contributed by atoms with E-state index in [0.29, 0.717) is 11.7 Å². The number of benzene rings is 1. The van der Waals surface area contributed by atoms with Crippen LogP contribution in [0.25, 0.3) is 21.7 Å². The maximum absolute atomic E-state index is 5.30. The molecular formula is C15H13BrN3OS. The molecule has 107 valence electrons. The summed E-state index contributed by atoms with van der Waals surface area (Å²) in [5, 5.41) is 3.70. The highest BCUT2D eigenvalue weighted by Crippen LogP contribution is 2.33. The smallest absolute Gasteiger partial charge is 0.189 e. The van der Waals surface area contributed by atoms with Crippen LogP contribution in [0.4, 0.5) is 0 Å². The number of rotatable bonds is 3. The van der Waals surface area contributed by atoms with E-state index in [0.717, 1.165) is 31.8 Å². The SMILES string of the molecule is COc1ccc2[c]nc(-c3nc(C(C)C)cs3)nc2c1Br. The minimum Gasteiger partial charge on any atom is -0.495 e. The summed E-state index contributed by atoms with van der Waals surface area (Å²) in [6, 6.07) is 3.76.